The number of nitrogens with zero attached hydrogens (tertiary/aromatic N) is 1. The number of hydrogen-bond acceptors (Lipinski definition) is 2. The molecule has 0 radical (unpaired) electrons. The molecule has 0 saturated heterocycles. The molecule has 1 N–H and O–H groups in total. The minimum atomic E-state index is -0.153. The Bertz CT molecular complexity index is 662. The predicted molar refractivity (Wildman–Crippen MR) is 91.8 cm³/mol. The Morgan fingerprint density at radius 3 is 2.43 bits per heavy atom. The standard InChI is InChI=1S/C19H21BrN2O/c20-19-8-15-5-16(9-19)7-18(6-15,12-19)17(23)22-11-14-3-1-13(10-21)2-4-14/h1-4,15-16H,5-9,11-12H2,(H,22,23). The molecular weight excluding hydrogens is 352 g/mol. The Kier molecular flexibility index (Phi) is 3.53. The minimum Gasteiger partial charge on any atom is -0.352 e. The van der Waals surface area contributed by atoms with E-state index in [4.69, 9.17) is 5.26 Å². The largest absolute Gasteiger partial charge is 0.352 e. The lowest BCUT2D eigenvalue weighted by Gasteiger charge is -2.59. The smallest absolute Gasteiger partial charge is 0.226 e. The molecule has 0 spiro atoms. The molecule has 0 aliphatic heterocycles. The van der Waals surface area contributed by atoms with Gasteiger partial charge < -0.3 is 5.32 Å². The number of amides is 1. The molecule has 2 atom stereocenters. The van der Waals surface area contributed by atoms with Crippen LogP contribution < -0.4 is 5.32 Å². The molecule has 4 bridgehead atoms. The van der Waals surface area contributed by atoms with Gasteiger partial charge >= 0.3 is 0 Å². The summed E-state index contributed by atoms with van der Waals surface area (Å²) in [4.78, 5) is 13.0. The van der Waals surface area contributed by atoms with Crippen molar-refractivity contribution in [2.45, 2.75) is 49.4 Å². The summed E-state index contributed by atoms with van der Waals surface area (Å²) in [6.07, 6.45) is 6.93. The van der Waals surface area contributed by atoms with Gasteiger partial charge in [-0.2, -0.15) is 5.26 Å². The van der Waals surface area contributed by atoms with Crippen LogP contribution >= 0.6 is 15.9 Å². The monoisotopic (exact) mass is 372 g/mol. The van der Waals surface area contributed by atoms with E-state index in [9.17, 15) is 4.79 Å². The van der Waals surface area contributed by atoms with Crippen molar-refractivity contribution in [1.82, 2.24) is 5.32 Å². The number of nitrogens with one attached hydrogen (secondary N) is 1. The predicted octanol–water partition coefficient (Wildman–Crippen LogP) is 3.91. The molecule has 4 saturated carbocycles. The lowest BCUT2D eigenvalue weighted by atomic mass is 9.49. The maximum Gasteiger partial charge on any atom is 0.226 e. The third-order valence-electron chi connectivity index (χ3n) is 6.01. The second-order valence-electron chi connectivity index (χ2n) is 7.88. The number of alkyl halides is 1. The lowest BCUT2D eigenvalue weighted by Crippen LogP contribution is -2.58. The molecule has 1 aromatic carbocycles. The van der Waals surface area contributed by atoms with E-state index >= 15 is 0 Å². The number of benzene rings is 1. The fourth-order valence-electron chi connectivity index (χ4n) is 5.48. The Hall–Kier alpha value is -1.34. The summed E-state index contributed by atoms with van der Waals surface area (Å²) in [6.45, 7) is 0.552. The highest BCUT2D eigenvalue weighted by molar-refractivity contribution is 9.10. The molecule has 1 aromatic rings. The molecule has 4 aliphatic rings. The van der Waals surface area contributed by atoms with Crippen molar-refractivity contribution >= 4 is 21.8 Å². The van der Waals surface area contributed by atoms with Crippen LogP contribution in [0.5, 0.6) is 0 Å². The van der Waals surface area contributed by atoms with Gasteiger partial charge in [-0.3, -0.25) is 4.79 Å². The minimum absolute atomic E-state index is 0.153. The van der Waals surface area contributed by atoms with E-state index in [-0.39, 0.29) is 15.6 Å². The zero-order valence-electron chi connectivity index (χ0n) is 13.1. The van der Waals surface area contributed by atoms with Crippen molar-refractivity contribution in [2.75, 3.05) is 0 Å². The van der Waals surface area contributed by atoms with E-state index in [0.29, 0.717) is 12.1 Å². The van der Waals surface area contributed by atoms with Gasteiger partial charge in [0.15, 0.2) is 0 Å². The van der Waals surface area contributed by atoms with Gasteiger partial charge in [-0.15, -0.1) is 0 Å². The summed E-state index contributed by atoms with van der Waals surface area (Å²) in [5.74, 6) is 1.67. The SMILES string of the molecule is N#Cc1ccc(CNC(=O)C23CC4CC(CC(Br)(C4)C2)C3)cc1. The number of hydrogen-bond donors (Lipinski definition) is 1. The summed E-state index contributed by atoms with van der Waals surface area (Å²) in [6, 6.07) is 9.57. The topological polar surface area (TPSA) is 52.9 Å². The fraction of sp³-hybridized carbons (Fsp3) is 0.579. The van der Waals surface area contributed by atoms with Crippen molar-refractivity contribution in [3.8, 4) is 6.07 Å². The van der Waals surface area contributed by atoms with Crippen LogP contribution in [0.2, 0.25) is 0 Å². The van der Waals surface area contributed by atoms with Gasteiger partial charge in [-0.25, -0.2) is 0 Å². The van der Waals surface area contributed by atoms with Crippen LogP contribution in [-0.4, -0.2) is 10.2 Å². The average molecular weight is 373 g/mol. The fourth-order valence-corrected chi connectivity index (χ4v) is 6.94. The highest BCUT2D eigenvalue weighted by Crippen LogP contribution is 2.64. The first-order valence-corrected chi connectivity index (χ1v) is 9.26. The molecule has 4 fully saturated rings. The van der Waals surface area contributed by atoms with Crippen LogP contribution in [0, 0.1) is 28.6 Å². The van der Waals surface area contributed by atoms with Crippen LogP contribution in [0.1, 0.15) is 49.7 Å². The molecule has 0 heterocycles. The third kappa shape index (κ3) is 2.70. The maximum absolute atomic E-state index is 13.0. The van der Waals surface area contributed by atoms with E-state index in [1.165, 1.54) is 19.3 Å². The zero-order valence-corrected chi connectivity index (χ0v) is 14.7. The zero-order chi connectivity index (χ0) is 16.1. The number of nitriles is 1. The molecule has 3 nitrogen and oxygen atoms in total. The average Bonchev–Trinajstić information content (AvgIpc) is 2.50. The second kappa shape index (κ2) is 5.34. The quantitative estimate of drug-likeness (QED) is 0.817. The molecule has 4 heteroatoms. The molecule has 120 valence electrons. The first-order valence-electron chi connectivity index (χ1n) is 8.47. The van der Waals surface area contributed by atoms with Crippen LogP contribution in [0.25, 0.3) is 0 Å². The number of rotatable bonds is 3. The van der Waals surface area contributed by atoms with Crippen molar-refractivity contribution in [3.05, 3.63) is 35.4 Å². The molecule has 23 heavy (non-hydrogen) atoms. The Morgan fingerprint density at radius 2 is 1.87 bits per heavy atom. The number of halogens is 1. The van der Waals surface area contributed by atoms with Crippen LogP contribution in [-0.2, 0) is 11.3 Å². The third-order valence-corrected chi connectivity index (χ3v) is 6.94. The van der Waals surface area contributed by atoms with Gasteiger partial charge in [0.05, 0.1) is 17.0 Å². The highest BCUT2D eigenvalue weighted by Gasteiger charge is 2.59. The summed E-state index contributed by atoms with van der Waals surface area (Å²) in [5.41, 5.74) is 1.55. The van der Waals surface area contributed by atoms with Gasteiger partial charge in [0.2, 0.25) is 5.91 Å². The maximum atomic E-state index is 13.0. The first kappa shape index (κ1) is 15.2. The normalized spacial score (nSPS) is 37.4. The van der Waals surface area contributed by atoms with Gasteiger partial charge in [0.1, 0.15) is 0 Å². The van der Waals surface area contributed by atoms with Crippen LogP contribution in [0.4, 0.5) is 0 Å². The molecule has 1 amide bonds. The molecule has 5 rings (SSSR count). The summed E-state index contributed by atoms with van der Waals surface area (Å²) in [5, 5.41) is 12.0. The Balaban J connectivity index is 1.45. The van der Waals surface area contributed by atoms with Crippen LogP contribution in [0.3, 0.4) is 0 Å². The Labute approximate surface area is 145 Å². The number of carbonyl (C=O) groups excluding carboxylic acids is 1. The van der Waals surface area contributed by atoms with E-state index < -0.39 is 0 Å². The van der Waals surface area contributed by atoms with Gasteiger partial charge in [0.25, 0.3) is 0 Å². The van der Waals surface area contributed by atoms with Crippen molar-refractivity contribution < 1.29 is 4.79 Å². The summed E-state index contributed by atoms with van der Waals surface area (Å²) in [7, 11) is 0. The summed E-state index contributed by atoms with van der Waals surface area (Å²) < 4.78 is 0.211. The van der Waals surface area contributed by atoms with E-state index in [1.54, 1.807) is 12.1 Å². The molecular formula is C19H21BrN2O. The number of carbonyl (C=O) groups is 1. The van der Waals surface area contributed by atoms with Gasteiger partial charge in [-0.05, 0) is 68.1 Å². The second-order valence-corrected chi connectivity index (χ2v) is 9.57. The van der Waals surface area contributed by atoms with Crippen LogP contribution in [0.15, 0.2) is 24.3 Å². The van der Waals surface area contributed by atoms with Crippen molar-refractivity contribution in [1.29, 1.82) is 5.26 Å². The summed E-state index contributed by atoms with van der Waals surface area (Å²) >= 11 is 3.96. The highest BCUT2D eigenvalue weighted by atomic mass is 79.9. The van der Waals surface area contributed by atoms with E-state index in [1.807, 2.05) is 12.1 Å². The van der Waals surface area contributed by atoms with Crippen molar-refractivity contribution in [3.63, 3.8) is 0 Å². The van der Waals surface area contributed by atoms with E-state index in [0.717, 1.165) is 36.7 Å². The van der Waals surface area contributed by atoms with Gasteiger partial charge in [0, 0.05) is 10.9 Å². The molecule has 2 unspecified atom stereocenters. The van der Waals surface area contributed by atoms with Gasteiger partial charge in [-0.1, -0.05) is 28.1 Å². The van der Waals surface area contributed by atoms with Crippen molar-refractivity contribution in [2.24, 2.45) is 17.3 Å². The Morgan fingerprint density at radius 1 is 1.22 bits per heavy atom. The lowest BCUT2D eigenvalue weighted by molar-refractivity contribution is -0.144. The molecule has 4 aliphatic carbocycles. The molecule has 0 aromatic heterocycles. The first-order chi connectivity index (χ1) is 11.0. The van der Waals surface area contributed by atoms with E-state index in [2.05, 4.69) is 27.3 Å².